The van der Waals surface area contributed by atoms with Crippen molar-refractivity contribution in [3.63, 3.8) is 0 Å². The van der Waals surface area contributed by atoms with E-state index in [2.05, 4.69) is 21.2 Å². The zero-order chi connectivity index (χ0) is 14.7. The highest BCUT2D eigenvalue weighted by atomic mass is 79.9. The molecule has 2 aromatic rings. The first-order chi connectivity index (χ1) is 9.58. The van der Waals surface area contributed by atoms with Crippen molar-refractivity contribution in [2.24, 2.45) is 0 Å². The first-order valence-electron chi connectivity index (χ1n) is 6.03. The van der Waals surface area contributed by atoms with Gasteiger partial charge in [0.2, 0.25) is 0 Å². The third kappa shape index (κ3) is 2.97. The minimum absolute atomic E-state index is 0.185. The van der Waals surface area contributed by atoms with E-state index in [1.807, 2.05) is 31.3 Å². The van der Waals surface area contributed by atoms with E-state index in [1.54, 1.807) is 6.07 Å². The van der Waals surface area contributed by atoms with Gasteiger partial charge in [-0.05, 0) is 40.7 Å². The Morgan fingerprint density at radius 2 is 1.95 bits per heavy atom. The van der Waals surface area contributed by atoms with Gasteiger partial charge in [-0.3, -0.25) is 0 Å². The average Bonchev–Trinajstić information content (AvgIpc) is 2.45. The third-order valence-electron chi connectivity index (χ3n) is 3.09. The second-order valence-electron chi connectivity index (χ2n) is 4.25. The molecule has 0 saturated heterocycles. The first-order valence-corrected chi connectivity index (χ1v) is 7.20. The van der Waals surface area contributed by atoms with E-state index in [4.69, 9.17) is 16.3 Å². The molecule has 0 fully saturated rings. The van der Waals surface area contributed by atoms with Crippen LogP contribution < -0.4 is 10.1 Å². The lowest BCUT2D eigenvalue weighted by molar-refractivity contribution is 0.401. The van der Waals surface area contributed by atoms with Gasteiger partial charge < -0.3 is 10.1 Å². The number of nitrogens with one attached hydrogen (secondary N) is 1. The summed E-state index contributed by atoms with van der Waals surface area (Å²) in [7, 11) is 3.34. The highest BCUT2D eigenvalue weighted by Gasteiger charge is 2.20. The maximum atomic E-state index is 13.6. The summed E-state index contributed by atoms with van der Waals surface area (Å²) >= 11 is 9.45. The molecule has 106 valence electrons. The van der Waals surface area contributed by atoms with Crippen molar-refractivity contribution in [1.82, 2.24) is 5.32 Å². The van der Waals surface area contributed by atoms with Crippen LogP contribution in [0.25, 0.3) is 0 Å². The molecule has 1 unspecified atom stereocenters. The van der Waals surface area contributed by atoms with Gasteiger partial charge in [0.15, 0.2) is 0 Å². The van der Waals surface area contributed by atoms with Crippen molar-refractivity contribution < 1.29 is 9.13 Å². The van der Waals surface area contributed by atoms with Crippen LogP contribution >= 0.6 is 27.5 Å². The Balaban J connectivity index is 2.58. The Labute approximate surface area is 131 Å². The number of hydrogen-bond acceptors (Lipinski definition) is 2. The second-order valence-corrected chi connectivity index (χ2v) is 5.51. The lowest BCUT2D eigenvalue weighted by atomic mass is 9.98. The standard InChI is InChI=1S/C15H14BrClFNO/c1-19-15(9-5-3-4-6-12(9)17)10-7-11(16)13(18)8-14(10)20-2/h3-8,15,19H,1-2H3. The summed E-state index contributed by atoms with van der Waals surface area (Å²) in [4.78, 5) is 0. The highest BCUT2D eigenvalue weighted by molar-refractivity contribution is 9.10. The van der Waals surface area contributed by atoms with Crippen molar-refractivity contribution >= 4 is 27.5 Å². The molecule has 1 N–H and O–H groups in total. The van der Waals surface area contributed by atoms with Gasteiger partial charge in [0, 0.05) is 16.7 Å². The lowest BCUT2D eigenvalue weighted by Gasteiger charge is -2.21. The van der Waals surface area contributed by atoms with Crippen LogP contribution in [0.4, 0.5) is 4.39 Å². The van der Waals surface area contributed by atoms with Crippen LogP contribution in [0.5, 0.6) is 5.75 Å². The Morgan fingerprint density at radius 3 is 2.55 bits per heavy atom. The van der Waals surface area contributed by atoms with Crippen LogP contribution in [0.15, 0.2) is 40.9 Å². The Morgan fingerprint density at radius 1 is 1.25 bits per heavy atom. The normalized spacial score (nSPS) is 12.2. The number of methoxy groups -OCH3 is 1. The SMILES string of the molecule is CNC(c1ccccc1Cl)c1cc(Br)c(F)cc1OC. The molecule has 0 aliphatic heterocycles. The molecule has 2 aromatic carbocycles. The molecular weight excluding hydrogens is 345 g/mol. The number of benzene rings is 2. The molecule has 0 aliphatic carbocycles. The van der Waals surface area contributed by atoms with Crippen molar-refractivity contribution in [3.05, 3.63) is 62.8 Å². The summed E-state index contributed by atoms with van der Waals surface area (Å²) in [5, 5.41) is 3.84. The van der Waals surface area contributed by atoms with Gasteiger partial charge in [0.1, 0.15) is 11.6 Å². The largest absolute Gasteiger partial charge is 0.496 e. The number of hydrogen-bond donors (Lipinski definition) is 1. The van der Waals surface area contributed by atoms with Crippen molar-refractivity contribution in [1.29, 1.82) is 0 Å². The fourth-order valence-corrected chi connectivity index (χ4v) is 2.74. The third-order valence-corrected chi connectivity index (χ3v) is 4.04. The van der Waals surface area contributed by atoms with E-state index in [0.29, 0.717) is 15.2 Å². The lowest BCUT2D eigenvalue weighted by Crippen LogP contribution is -2.19. The maximum absolute atomic E-state index is 13.6. The van der Waals surface area contributed by atoms with E-state index < -0.39 is 0 Å². The topological polar surface area (TPSA) is 21.3 Å². The molecule has 0 heterocycles. The maximum Gasteiger partial charge on any atom is 0.141 e. The highest BCUT2D eigenvalue weighted by Crippen LogP contribution is 2.36. The Kier molecular flexibility index (Phi) is 5.02. The van der Waals surface area contributed by atoms with Gasteiger partial charge in [-0.2, -0.15) is 0 Å². The van der Waals surface area contributed by atoms with Crippen LogP contribution in [0.2, 0.25) is 5.02 Å². The van der Waals surface area contributed by atoms with Crippen LogP contribution in [-0.4, -0.2) is 14.2 Å². The molecule has 1 atom stereocenters. The van der Waals surface area contributed by atoms with Crippen molar-refractivity contribution in [3.8, 4) is 5.75 Å². The monoisotopic (exact) mass is 357 g/mol. The molecule has 2 rings (SSSR count). The molecule has 0 saturated carbocycles. The number of rotatable bonds is 4. The van der Waals surface area contributed by atoms with E-state index in [1.165, 1.54) is 13.2 Å². The van der Waals surface area contributed by atoms with Gasteiger partial charge >= 0.3 is 0 Å². The van der Waals surface area contributed by atoms with Gasteiger partial charge in [-0.1, -0.05) is 29.8 Å². The molecule has 0 radical (unpaired) electrons. The number of ether oxygens (including phenoxy) is 1. The molecule has 0 bridgehead atoms. The van der Waals surface area contributed by atoms with Crippen LogP contribution in [0.1, 0.15) is 17.2 Å². The van der Waals surface area contributed by atoms with E-state index in [9.17, 15) is 4.39 Å². The molecule has 0 spiro atoms. The van der Waals surface area contributed by atoms with Gasteiger partial charge in [0.05, 0.1) is 17.6 Å². The average molecular weight is 359 g/mol. The molecule has 2 nitrogen and oxygen atoms in total. The summed E-state index contributed by atoms with van der Waals surface area (Å²) in [6.07, 6.45) is 0. The molecular formula is C15H14BrClFNO. The smallest absolute Gasteiger partial charge is 0.141 e. The predicted molar refractivity (Wildman–Crippen MR) is 83.0 cm³/mol. The summed E-state index contributed by atoms with van der Waals surface area (Å²) in [5.41, 5.74) is 1.73. The van der Waals surface area contributed by atoms with Crippen molar-refractivity contribution in [2.45, 2.75) is 6.04 Å². The summed E-state index contributed by atoms with van der Waals surface area (Å²) in [6, 6.07) is 10.4. The fraction of sp³-hybridized carbons (Fsp3) is 0.200. The molecule has 0 aliphatic rings. The fourth-order valence-electron chi connectivity index (χ4n) is 2.13. The van der Waals surface area contributed by atoms with Crippen molar-refractivity contribution in [2.75, 3.05) is 14.2 Å². The first kappa shape index (κ1) is 15.3. The summed E-state index contributed by atoms with van der Waals surface area (Å²) < 4.78 is 19.3. The van der Waals surface area contributed by atoms with E-state index in [-0.39, 0.29) is 11.9 Å². The van der Waals surface area contributed by atoms with Gasteiger partial charge in [0.25, 0.3) is 0 Å². The zero-order valence-corrected chi connectivity index (χ0v) is 13.4. The van der Waals surface area contributed by atoms with Crippen LogP contribution in [0.3, 0.4) is 0 Å². The van der Waals surface area contributed by atoms with E-state index >= 15 is 0 Å². The summed E-state index contributed by atoms with van der Waals surface area (Å²) in [6.45, 7) is 0. The van der Waals surface area contributed by atoms with Crippen LogP contribution in [0, 0.1) is 5.82 Å². The minimum Gasteiger partial charge on any atom is -0.496 e. The molecule has 0 aromatic heterocycles. The second kappa shape index (κ2) is 6.57. The van der Waals surface area contributed by atoms with Gasteiger partial charge in [-0.15, -0.1) is 0 Å². The quantitative estimate of drug-likeness (QED) is 0.865. The van der Waals surface area contributed by atoms with E-state index in [0.717, 1.165) is 11.1 Å². The predicted octanol–water partition coefficient (Wildman–Crippen LogP) is 4.56. The minimum atomic E-state index is -0.361. The molecule has 20 heavy (non-hydrogen) atoms. The Hall–Kier alpha value is -1.10. The summed E-state index contributed by atoms with van der Waals surface area (Å²) in [5.74, 6) is 0.115. The van der Waals surface area contributed by atoms with Gasteiger partial charge in [-0.25, -0.2) is 4.39 Å². The van der Waals surface area contributed by atoms with Crippen LogP contribution in [-0.2, 0) is 0 Å². The molecule has 0 amide bonds. The molecule has 5 heteroatoms. The zero-order valence-electron chi connectivity index (χ0n) is 11.1. The Bertz CT molecular complexity index is 621. The number of halogens is 3.